The van der Waals surface area contributed by atoms with Crippen molar-refractivity contribution in [1.29, 1.82) is 5.26 Å². The molecular weight excluding hydrogens is 368 g/mol. The van der Waals surface area contributed by atoms with Crippen LogP contribution in [0.25, 0.3) is 0 Å². The Kier molecular flexibility index (Phi) is 6.65. The quantitative estimate of drug-likeness (QED) is 0.569. The number of thioether (sulfide) groups is 2. The summed E-state index contributed by atoms with van der Waals surface area (Å²) >= 11 is 5.76. The Morgan fingerprint density at radius 1 is 1.52 bits per heavy atom. The molecule has 1 amide bonds. The molecule has 0 saturated heterocycles. The number of anilines is 1. The molecule has 2 aromatic heterocycles. The van der Waals surface area contributed by atoms with Crippen molar-refractivity contribution in [2.75, 3.05) is 11.1 Å². The second kappa shape index (κ2) is 8.49. The highest BCUT2D eigenvalue weighted by Gasteiger charge is 2.19. The van der Waals surface area contributed by atoms with Crippen LogP contribution in [0, 0.1) is 11.3 Å². The lowest BCUT2D eigenvalue weighted by Crippen LogP contribution is -2.22. The molecule has 0 bridgehead atoms. The summed E-state index contributed by atoms with van der Waals surface area (Å²) in [6, 6.07) is 3.74. The summed E-state index contributed by atoms with van der Waals surface area (Å²) in [6.45, 7) is 7.63. The van der Waals surface area contributed by atoms with E-state index in [9.17, 15) is 4.79 Å². The lowest BCUT2D eigenvalue weighted by atomic mass is 10.3. The van der Waals surface area contributed by atoms with E-state index < -0.39 is 0 Å². The van der Waals surface area contributed by atoms with Gasteiger partial charge in [-0.25, -0.2) is 0 Å². The van der Waals surface area contributed by atoms with Gasteiger partial charge in [0.25, 0.3) is 0 Å². The Morgan fingerprint density at radius 3 is 2.96 bits per heavy atom. The molecule has 2 rings (SSSR count). The van der Waals surface area contributed by atoms with E-state index in [2.05, 4.69) is 28.2 Å². The standard InChI is InChI=1S/C14H14N4OS4/c1-8(2)7-21-13-17-18-14(23-13)22-9(3)11(19)16-12-10(6-15)4-5-20-12/h4-5,9H,1,7H2,2-3H3,(H,16,19)/t9-/m0/s1. The van der Waals surface area contributed by atoms with E-state index in [0.29, 0.717) is 10.6 Å². The predicted octanol–water partition coefficient (Wildman–Crippen LogP) is 4.26. The molecule has 0 unspecified atom stereocenters. The van der Waals surface area contributed by atoms with Crippen LogP contribution >= 0.6 is 46.2 Å². The fraction of sp³-hybridized carbons (Fsp3) is 0.286. The monoisotopic (exact) mass is 382 g/mol. The molecule has 0 aromatic carbocycles. The van der Waals surface area contributed by atoms with Gasteiger partial charge in [-0.15, -0.1) is 21.5 Å². The molecule has 0 aliphatic rings. The third kappa shape index (κ3) is 5.35. The van der Waals surface area contributed by atoms with Gasteiger partial charge >= 0.3 is 0 Å². The number of rotatable bonds is 7. The molecule has 0 fully saturated rings. The van der Waals surface area contributed by atoms with E-state index in [1.807, 2.05) is 13.8 Å². The van der Waals surface area contributed by atoms with E-state index >= 15 is 0 Å². The molecule has 0 radical (unpaired) electrons. The number of hydrogen-bond acceptors (Lipinski definition) is 8. The van der Waals surface area contributed by atoms with Crippen LogP contribution in [0.5, 0.6) is 0 Å². The van der Waals surface area contributed by atoms with E-state index in [-0.39, 0.29) is 11.2 Å². The first-order chi connectivity index (χ1) is 11.0. The SMILES string of the molecule is C=C(C)CSc1nnc(S[C@@H](C)C(=O)Nc2sccc2C#N)s1. The summed E-state index contributed by atoms with van der Waals surface area (Å²) in [4.78, 5) is 12.2. The number of aromatic nitrogens is 2. The number of carbonyl (C=O) groups is 1. The van der Waals surface area contributed by atoms with Gasteiger partial charge in [0, 0.05) is 5.75 Å². The van der Waals surface area contributed by atoms with E-state index in [4.69, 9.17) is 5.26 Å². The fourth-order valence-corrected chi connectivity index (χ4v) is 5.15. The van der Waals surface area contributed by atoms with Gasteiger partial charge in [0.2, 0.25) is 5.91 Å². The van der Waals surface area contributed by atoms with Crippen LogP contribution in [0.1, 0.15) is 19.4 Å². The molecule has 1 N–H and O–H groups in total. The first-order valence-electron chi connectivity index (χ1n) is 6.55. The molecule has 2 heterocycles. The number of nitrogens with zero attached hydrogens (tertiary/aromatic N) is 3. The van der Waals surface area contributed by atoms with Crippen molar-refractivity contribution in [3.05, 3.63) is 29.2 Å². The van der Waals surface area contributed by atoms with Crippen LogP contribution in [0.2, 0.25) is 0 Å². The molecule has 1 atom stereocenters. The highest BCUT2D eigenvalue weighted by atomic mass is 32.2. The minimum Gasteiger partial charge on any atom is -0.316 e. The molecular formula is C14H14N4OS4. The lowest BCUT2D eigenvalue weighted by molar-refractivity contribution is -0.115. The van der Waals surface area contributed by atoms with Gasteiger partial charge in [-0.1, -0.05) is 47.0 Å². The van der Waals surface area contributed by atoms with Gasteiger partial charge in [0.15, 0.2) is 8.68 Å². The maximum Gasteiger partial charge on any atom is 0.238 e. The summed E-state index contributed by atoms with van der Waals surface area (Å²) in [5, 5.41) is 22.0. The number of amides is 1. The summed E-state index contributed by atoms with van der Waals surface area (Å²) in [5.74, 6) is 0.658. The van der Waals surface area contributed by atoms with Crippen molar-refractivity contribution in [2.24, 2.45) is 0 Å². The highest BCUT2D eigenvalue weighted by Crippen LogP contribution is 2.32. The average Bonchev–Trinajstić information content (AvgIpc) is 3.14. The largest absolute Gasteiger partial charge is 0.316 e. The Labute approximate surface area is 151 Å². The smallest absolute Gasteiger partial charge is 0.238 e. The summed E-state index contributed by atoms with van der Waals surface area (Å²) < 4.78 is 1.62. The third-order valence-electron chi connectivity index (χ3n) is 2.50. The molecule has 23 heavy (non-hydrogen) atoms. The zero-order chi connectivity index (χ0) is 16.8. The van der Waals surface area contributed by atoms with Gasteiger partial charge in [0.1, 0.15) is 11.1 Å². The minimum absolute atomic E-state index is 0.153. The Balaban J connectivity index is 1.91. The normalized spacial score (nSPS) is 11.7. The van der Waals surface area contributed by atoms with E-state index in [0.717, 1.165) is 20.0 Å². The number of nitrogens with one attached hydrogen (secondary N) is 1. The minimum atomic E-state index is -0.324. The lowest BCUT2D eigenvalue weighted by Gasteiger charge is -2.08. The maximum absolute atomic E-state index is 12.2. The van der Waals surface area contributed by atoms with Gasteiger partial charge < -0.3 is 5.32 Å². The zero-order valence-corrected chi connectivity index (χ0v) is 15.8. The molecule has 120 valence electrons. The van der Waals surface area contributed by atoms with Crippen molar-refractivity contribution in [2.45, 2.75) is 27.8 Å². The number of thiophene rings is 1. The van der Waals surface area contributed by atoms with Gasteiger partial charge in [0.05, 0.1) is 10.8 Å². The summed E-state index contributed by atoms with van der Waals surface area (Å²) in [5.41, 5.74) is 1.56. The van der Waals surface area contributed by atoms with Crippen LogP contribution < -0.4 is 5.32 Å². The van der Waals surface area contributed by atoms with Crippen LogP contribution in [0.15, 0.2) is 32.3 Å². The van der Waals surface area contributed by atoms with Crippen LogP contribution in [-0.4, -0.2) is 27.1 Å². The molecule has 5 nitrogen and oxygen atoms in total. The van der Waals surface area contributed by atoms with E-state index in [1.54, 1.807) is 23.2 Å². The first kappa shape index (κ1) is 18.0. The highest BCUT2D eigenvalue weighted by molar-refractivity contribution is 8.04. The summed E-state index contributed by atoms with van der Waals surface area (Å²) in [6.07, 6.45) is 0. The third-order valence-corrected chi connectivity index (χ3v) is 6.80. The topological polar surface area (TPSA) is 78.7 Å². The Bertz CT molecular complexity index is 746. The molecule has 0 aliphatic carbocycles. The Hall–Kier alpha value is -1.34. The van der Waals surface area contributed by atoms with Crippen LogP contribution in [-0.2, 0) is 4.79 Å². The number of nitriles is 1. The van der Waals surface area contributed by atoms with Crippen LogP contribution in [0.4, 0.5) is 5.00 Å². The fourth-order valence-electron chi connectivity index (χ4n) is 1.40. The van der Waals surface area contributed by atoms with Gasteiger partial charge in [-0.3, -0.25) is 4.79 Å². The molecule has 2 aromatic rings. The van der Waals surface area contributed by atoms with E-state index in [1.165, 1.54) is 34.4 Å². The van der Waals surface area contributed by atoms with Crippen LogP contribution in [0.3, 0.4) is 0 Å². The molecule has 0 aliphatic heterocycles. The average molecular weight is 383 g/mol. The first-order valence-corrected chi connectivity index (χ1v) is 10.1. The zero-order valence-electron chi connectivity index (χ0n) is 12.5. The van der Waals surface area contributed by atoms with Gasteiger partial charge in [-0.05, 0) is 25.3 Å². The van der Waals surface area contributed by atoms with Crippen molar-refractivity contribution in [1.82, 2.24) is 10.2 Å². The predicted molar refractivity (Wildman–Crippen MR) is 98.4 cm³/mol. The number of hydrogen-bond donors (Lipinski definition) is 1. The van der Waals surface area contributed by atoms with Crippen molar-refractivity contribution in [3.63, 3.8) is 0 Å². The van der Waals surface area contributed by atoms with Gasteiger partial charge in [-0.2, -0.15) is 5.26 Å². The Morgan fingerprint density at radius 2 is 2.26 bits per heavy atom. The summed E-state index contributed by atoms with van der Waals surface area (Å²) in [7, 11) is 0. The second-order valence-corrected chi connectivity index (χ2v) is 9.31. The molecule has 0 spiro atoms. The molecule has 9 heteroatoms. The molecule has 0 saturated carbocycles. The van der Waals surface area contributed by atoms with Crippen molar-refractivity contribution in [3.8, 4) is 6.07 Å². The van der Waals surface area contributed by atoms with Crippen molar-refractivity contribution < 1.29 is 4.79 Å². The number of carbonyl (C=O) groups excluding carboxylic acids is 1. The maximum atomic E-state index is 12.2. The van der Waals surface area contributed by atoms with Crippen molar-refractivity contribution >= 4 is 57.1 Å². The second-order valence-electron chi connectivity index (χ2n) is 4.60.